The highest BCUT2D eigenvalue weighted by molar-refractivity contribution is 5.71. The molecule has 1 unspecified atom stereocenters. The molecule has 0 heterocycles. The second-order valence-electron chi connectivity index (χ2n) is 21.7. The van der Waals surface area contributed by atoms with E-state index in [0.29, 0.717) is 19.3 Å². The van der Waals surface area contributed by atoms with Gasteiger partial charge in [-0.05, 0) is 70.6 Å². The Labute approximate surface area is 465 Å². The third-order valence-electron chi connectivity index (χ3n) is 14.2. The Morgan fingerprint density at radius 1 is 0.280 bits per heavy atom. The van der Waals surface area contributed by atoms with Gasteiger partial charge in [-0.15, -0.1) is 0 Å². The molecule has 0 aromatic heterocycles. The van der Waals surface area contributed by atoms with E-state index in [1.54, 1.807) is 0 Å². The van der Waals surface area contributed by atoms with E-state index in [0.717, 1.165) is 89.9 Å². The molecule has 0 aliphatic rings. The van der Waals surface area contributed by atoms with Gasteiger partial charge in [-0.3, -0.25) is 14.4 Å². The molecule has 0 N–H and O–H groups in total. The summed E-state index contributed by atoms with van der Waals surface area (Å²) in [5.74, 6) is -0.914. The summed E-state index contributed by atoms with van der Waals surface area (Å²) >= 11 is 0. The van der Waals surface area contributed by atoms with Crippen LogP contribution in [-0.4, -0.2) is 37.2 Å². The first-order valence-electron chi connectivity index (χ1n) is 32.4. The molecule has 0 rings (SSSR count). The predicted molar refractivity (Wildman–Crippen MR) is 325 cm³/mol. The van der Waals surface area contributed by atoms with Crippen LogP contribution in [0.3, 0.4) is 0 Å². The Balaban J connectivity index is 4.38. The van der Waals surface area contributed by atoms with Crippen molar-refractivity contribution in [2.45, 2.75) is 335 Å². The zero-order chi connectivity index (χ0) is 54.3. The van der Waals surface area contributed by atoms with Crippen molar-refractivity contribution in [1.29, 1.82) is 0 Å². The fraction of sp³-hybridized carbons (Fsp3) is 0.783. The van der Waals surface area contributed by atoms with Crippen LogP contribution in [0.1, 0.15) is 329 Å². The topological polar surface area (TPSA) is 78.9 Å². The molecule has 0 saturated carbocycles. The highest BCUT2D eigenvalue weighted by atomic mass is 16.6. The van der Waals surface area contributed by atoms with E-state index in [1.807, 2.05) is 0 Å². The van der Waals surface area contributed by atoms with Crippen LogP contribution in [0.15, 0.2) is 72.9 Å². The SMILES string of the molecule is CC/C=C\C/C=C\C/C=C\C/C=C\C/C=C\C/C=C\CCCCC(=O)OC(COC(=O)CCCCCCCCCCCCCCCC)COC(=O)CCCCCCCCCCCCCCCCCCCCCCCC. The normalized spacial score (nSPS) is 12.5. The molecule has 0 aromatic carbocycles. The Morgan fingerprint density at radius 2 is 0.520 bits per heavy atom. The van der Waals surface area contributed by atoms with Crippen LogP contribution in [-0.2, 0) is 28.6 Å². The number of ether oxygens (including phenoxy) is 3. The average Bonchev–Trinajstić information content (AvgIpc) is 3.41. The van der Waals surface area contributed by atoms with Crippen molar-refractivity contribution in [1.82, 2.24) is 0 Å². The van der Waals surface area contributed by atoms with Gasteiger partial charge in [-0.1, -0.05) is 312 Å². The van der Waals surface area contributed by atoms with Crippen molar-refractivity contribution < 1.29 is 28.6 Å². The van der Waals surface area contributed by atoms with Crippen LogP contribution < -0.4 is 0 Å². The van der Waals surface area contributed by atoms with Gasteiger partial charge in [0.05, 0.1) is 0 Å². The molecule has 75 heavy (non-hydrogen) atoms. The number of rotatable bonds is 59. The molecule has 6 nitrogen and oxygen atoms in total. The fourth-order valence-electron chi connectivity index (χ4n) is 9.39. The summed E-state index contributed by atoms with van der Waals surface area (Å²) in [6, 6.07) is 0. The molecule has 0 amide bonds. The van der Waals surface area contributed by atoms with Crippen LogP contribution in [0, 0.1) is 0 Å². The fourth-order valence-corrected chi connectivity index (χ4v) is 9.39. The maximum atomic E-state index is 12.9. The van der Waals surface area contributed by atoms with Gasteiger partial charge in [-0.2, -0.15) is 0 Å². The first kappa shape index (κ1) is 71.8. The summed E-state index contributed by atoms with van der Waals surface area (Å²) in [4.78, 5) is 38.3. The summed E-state index contributed by atoms with van der Waals surface area (Å²) in [5, 5.41) is 0. The summed E-state index contributed by atoms with van der Waals surface area (Å²) in [5.41, 5.74) is 0. The van der Waals surface area contributed by atoms with Gasteiger partial charge in [0.25, 0.3) is 0 Å². The molecular weight excluding hydrogens is 925 g/mol. The van der Waals surface area contributed by atoms with E-state index in [4.69, 9.17) is 14.2 Å². The van der Waals surface area contributed by atoms with Gasteiger partial charge in [0.2, 0.25) is 0 Å². The number of hydrogen-bond donors (Lipinski definition) is 0. The smallest absolute Gasteiger partial charge is 0.306 e. The number of carbonyl (C=O) groups is 3. The molecule has 6 heteroatoms. The Bertz CT molecular complexity index is 1390. The van der Waals surface area contributed by atoms with E-state index in [-0.39, 0.29) is 37.5 Å². The number of unbranched alkanes of at least 4 members (excludes halogenated alkanes) is 36. The molecule has 434 valence electrons. The molecule has 0 bridgehead atoms. The van der Waals surface area contributed by atoms with Crippen molar-refractivity contribution in [2.24, 2.45) is 0 Å². The van der Waals surface area contributed by atoms with Crippen LogP contribution in [0.5, 0.6) is 0 Å². The zero-order valence-corrected chi connectivity index (χ0v) is 49.8. The first-order valence-corrected chi connectivity index (χ1v) is 32.4. The lowest BCUT2D eigenvalue weighted by Gasteiger charge is -2.18. The van der Waals surface area contributed by atoms with Gasteiger partial charge in [0, 0.05) is 19.3 Å². The van der Waals surface area contributed by atoms with E-state index in [2.05, 4.69) is 93.7 Å². The minimum absolute atomic E-state index is 0.0887. The van der Waals surface area contributed by atoms with Crippen LogP contribution in [0.25, 0.3) is 0 Å². The van der Waals surface area contributed by atoms with Gasteiger partial charge in [-0.25, -0.2) is 0 Å². The zero-order valence-electron chi connectivity index (χ0n) is 49.8. The van der Waals surface area contributed by atoms with Crippen LogP contribution in [0.2, 0.25) is 0 Å². The Hall–Kier alpha value is -3.15. The second-order valence-corrected chi connectivity index (χ2v) is 21.7. The van der Waals surface area contributed by atoms with Crippen molar-refractivity contribution in [3.63, 3.8) is 0 Å². The minimum Gasteiger partial charge on any atom is -0.462 e. The summed E-state index contributed by atoms with van der Waals surface area (Å²) in [6.07, 6.45) is 82.0. The summed E-state index contributed by atoms with van der Waals surface area (Å²) < 4.78 is 16.9. The van der Waals surface area contributed by atoms with Gasteiger partial charge >= 0.3 is 17.9 Å². The molecule has 0 aliphatic heterocycles. The largest absolute Gasteiger partial charge is 0.462 e. The quantitative estimate of drug-likeness (QED) is 0.0261. The maximum Gasteiger partial charge on any atom is 0.306 e. The molecule has 0 radical (unpaired) electrons. The van der Waals surface area contributed by atoms with E-state index in [1.165, 1.54) is 193 Å². The molecular formula is C69H122O6. The lowest BCUT2D eigenvalue weighted by Crippen LogP contribution is -2.30. The Morgan fingerprint density at radius 3 is 0.813 bits per heavy atom. The van der Waals surface area contributed by atoms with Crippen LogP contribution >= 0.6 is 0 Å². The molecule has 0 fully saturated rings. The number of hydrogen-bond acceptors (Lipinski definition) is 6. The van der Waals surface area contributed by atoms with Crippen molar-refractivity contribution in [2.75, 3.05) is 13.2 Å². The van der Waals surface area contributed by atoms with Gasteiger partial charge < -0.3 is 14.2 Å². The van der Waals surface area contributed by atoms with Gasteiger partial charge in [0.1, 0.15) is 13.2 Å². The lowest BCUT2D eigenvalue weighted by atomic mass is 10.0. The standard InChI is InChI=1S/C69H122O6/c1-4-7-10-13-16-19-22-25-28-30-32-34-36-37-39-41-44-47-50-53-56-59-62-68(71)74-65-66(64-73-67(70)61-58-55-52-49-46-43-27-24-21-18-15-12-9-6-3)75-69(72)63-60-57-54-51-48-45-42-40-38-35-33-31-29-26-23-20-17-14-11-8-5-2/h8,11,17,20,26,29,33,35,40,42,48,51,66H,4-7,9-10,12-16,18-19,21-25,27-28,30-32,34,36-39,41,43-47,49-50,52-65H2,1-3H3/b11-8-,20-17-,29-26-,35-33-,42-40-,51-48-. The monoisotopic (exact) mass is 1050 g/mol. The Kier molecular flexibility index (Phi) is 60.7. The number of esters is 3. The minimum atomic E-state index is -0.797. The second kappa shape index (κ2) is 63.4. The average molecular weight is 1050 g/mol. The summed E-state index contributed by atoms with van der Waals surface area (Å²) in [7, 11) is 0. The molecule has 0 saturated heterocycles. The third-order valence-corrected chi connectivity index (χ3v) is 14.2. The van der Waals surface area contributed by atoms with E-state index >= 15 is 0 Å². The first-order chi connectivity index (χ1) is 37.0. The third kappa shape index (κ3) is 61.6. The highest BCUT2D eigenvalue weighted by Crippen LogP contribution is 2.17. The van der Waals surface area contributed by atoms with Crippen molar-refractivity contribution in [3.05, 3.63) is 72.9 Å². The lowest BCUT2D eigenvalue weighted by molar-refractivity contribution is -0.167. The molecule has 0 aromatic rings. The molecule has 0 aliphatic carbocycles. The maximum absolute atomic E-state index is 12.9. The number of allylic oxidation sites excluding steroid dienone is 12. The molecule has 0 spiro atoms. The van der Waals surface area contributed by atoms with E-state index in [9.17, 15) is 14.4 Å². The van der Waals surface area contributed by atoms with E-state index < -0.39 is 6.10 Å². The van der Waals surface area contributed by atoms with Crippen molar-refractivity contribution >= 4 is 17.9 Å². The van der Waals surface area contributed by atoms with Crippen molar-refractivity contribution in [3.8, 4) is 0 Å². The highest BCUT2D eigenvalue weighted by Gasteiger charge is 2.19. The van der Waals surface area contributed by atoms with Gasteiger partial charge in [0.15, 0.2) is 6.10 Å². The number of carbonyl (C=O) groups excluding carboxylic acids is 3. The molecule has 1 atom stereocenters. The van der Waals surface area contributed by atoms with Crippen LogP contribution in [0.4, 0.5) is 0 Å². The predicted octanol–water partition coefficient (Wildman–Crippen LogP) is 22.1. The summed E-state index contributed by atoms with van der Waals surface area (Å²) in [6.45, 7) is 6.54.